The van der Waals surface area contributed by atoms with E-state index in [1.807, 2.05) is 19.9 Å². The Balaban J connectivity index is 2.11. The summed E-state index contributed by atoms with van der Waals surface area (Å²) in [5.74, 6) is -1.33. The van der Waals surface area contributed by atoms with Gasteiger partial charge in [-0.15, -0.1) is 0 Å². The van der Waals surface area contributed by atoms with E-state index in [0.29, 0.717) is 10.8 Å². The predicted octanol–water partition coefficient (Wildman–Crippen LogP) is 4.98. The van der Waals surface area contributed by atoms with Crippen LogP contribution in [0, 0.1) is 13.8 Å². The Labute approximate surface area is 159 Å². The van der Waals surface area contributed by atoms with Crippen LogP contribution in [0.25, 0.3) is 0 Å². The highest BCUT2D eigenvalue weighted by Crippen LogP contribution is 2.31. The van der Waals surface area contributed by atoms with Crippen molar-refractivity contribution >= 4 is 52.4 Å². The van der Waals surface area contributed by atoms with Gasteiger partial charge in [0.1, 0.15) is 5.75 Å². The lowest BCUT2D eigenvalue weighted by Crippen LogP contribution is -2.21. The maximum atomic E-state index is 12.1. The van der Waals surface area contributed by atoms with Crippen molar-refractivity contribution in [2.45, 2.75) is 13.8 Å². The Hall–Kier alpha value is -1.95. The molecule has 0 saturated heterocycles. The van der Waals surface area contributed by atoms with Gasteiger partial charge in [0.2, 0.25) is 0 Å². The number of hydrogen-bond acceptors (Lipinski definition) is 3. The van der Waals surface area contributed by atoms with Gasteiger partial charge in [0.05, 0.1) is 26.3 Å². The summed E-state index contributed by atoms with van der Waals surface area (Å²) in [6.45, 7) is 3.41. The van der Waals surface area contributed by atoms with Crippen molar-refractivity contribution in [1.82, 2.24) is 0 Å². The van der Waals surface area contributed by atoms with E-state index >= 15 is 0 Å². The number of amides is 1. The molecule has 0 aliphatic heterocycles. The first-order valence-corrected chi connectivity index (χ1v) is 8.24. The fourth-order valence-electron chi connectivity index (χ4n) is 2.22. The van der Waals surface area contributed by atoms with Gasteiger partial charge in [0.25, 0.3) is 5.91 Å². The minimum atomic E-state index is -1.23. The van der Waals surface area contributed by atoms with Crippen LogP contribution in [-0.2, 0) is 4.79 Å². The molecule has 2 N–H and O–H groups in total. The molecule has 5 nitrogen and oxygen atoms in total. The maximum absolute atomic E-state index is 12.1. The lowest BCUT2D eigenvalue weighted by Gasteiger charge is -2.13. The number of rotatable bonds is 5. The van der Waals surface area contributed by atoms with Crippen LogP contribution < -0.4 is 10.1 Å². The first-order chi connectivity index (χ1) is 11.7. The number of carbonyl (C=O) groups excluding carboxylic acids is 1. The van der Waals surface area contributed by atoms with Gasteiger partial charge < -0.3 is 15.2 Å². The van der Waals surface area contributed by atoms with E-state index in [0.717, 1.165) is 11.1 Å². The second-order valence-electron chi connectivity index (χ2n) is 5.35. The Morgan fingerprint density at radius 1 is 1.04 bits per heavy atom. The van der Waals surface area contributed by atoms with Crippen molar-refractivity contribution in [2.75, 3.05) is 11.9 Å². The first kappa shape index (κ1) is 19.4. The van der Waals surface area contributed by atoms with Gasteiger partial charge in [-0.05, 0) is 43.2 Å². The lowest BCUT2D eigenvalue weighted by atomic mass is 10.1. The quantitative estimate of drug-likeness (QED) is 0.739. The van der Waals surface area contributed by atoms with Gasteiger partial charge in [-0.2, -0.15) is 0 Å². The molecular formula is C17H14Cl3NO4. The van der Waals surface area contributed by atoms with Crippen molar-refractivity contribution in [2.24, 2.45) is 0 Å². The van der Waals surface area contributed by atoms with Crippen molar-refractivity contribution in [3.05, 3.63) is 56.0 Å². The highest BCUT2D eigenvalue weighted by atomic mass is 35.5. The summed E-state index contributed by atoms with van der Waals surface area (Å²) in [6.07, 6.45) is 0. The van der Waals surface area contributed by atoms with Crippen LogP contribution in [0.5, 0.6) is 5.75 Å². The number of aromatic carboxylic acids is 1. The van der Waals surface area contributed by atoms with Crippen LogP contribution >= 0.6 is 34.8 Å². The van der Waals surface area contributed by atoms with E-state index in [-0.39, 0.29) is 27.9 Å². The zero-order valence-electron chi connectivity index (χ0n) is 13.3. The van der Waals surface area contributed by atoms with Gasteiger partial charge in [-0.1, -0.05) is 40.9 Å². The van der Waals surface area contributed by atoms with Gasteiger partial charge in [-0.3, -0.25) is 4.79 Å². The van der Waals surface area contributed by atoms with E-state index in [2.05, 4.69) is 5.32 Å². The molecule has 0 spiro atoms. The molecule has 8 heteroatoms. The largest absolute Gasteiger partial charge is 0.482 e. The maximum Gasteiger partial charge on any atom is 0.337 e. The molecule has 0 bridgehead atoms. The molecule has 0 radical (unpaired) electrons. The molecule has 0 aliphatic carbocycles. The number of ether oxygens (including phenoxy) is 1. The fraction of sp³-hybridized carbons (Fsp3) is 0.176. The summed E-state index contributed by atoms with van der Waals surface area (Å²) in [5.41, 5.74) is 1.74. The average molecular weight is 403 g/mol. The lowest BCUT2D eigenvalue weighted by molar-refractivity contribution is -0.118. The zero-order valence-corrected chi connectivity index (χ0v) is 15.6. The Kier molecular flexibility index (Phi) is 6.16. The molecule has 132 valence electrons. The molecule has 0 heterocycles. The number of carboxylic acids is 1. The van der Waals surface area contributed by atoms with Crippen LogP contribution in [-0.4, -0.2) is 23.6 Å². The molecule has 2 aromatic rings. The smallest absolute Gasteiger partial charge is 0.337 e. The highest BCUT2D eigenvalue weighted by molar-refractivity contribution is 6.38. The number of anilines is 1. The third-order valence-corrected chi connectivity index (χ3v) is 4.19. The molecular weight excluding hydrogens is 389 g/mol. The van der Waals surface area contributed by atoms with Crippen molar-refractivity contribution < 1.29 is 19.4 Å². The molecule has 0 fully saturated rings. The van der Waals surface area contributed by atoms with Crippen LogP contribution in [0.15, 0.2) is 24.3 Å². The number of carboxylic acid groups (broad SMARTS) is 1. The van der Waals surface area contributed by atoms with Gasteiger partial charge in [0.15, 0.2) is 6.61 Å². The Morgan fingerprint density at radius 2 is 1.72 bits per heavy atom. The molecule has 0 aromatic heterocycles. The minimum absolute atomic E-state index is 0.0196. The normalized spacial score (nSPS) is 10.4. The SMILES string of the molecule is Cc1cc(C)c(OCC(=O)Nc2cc(C(=O)O)c(Cl)cc2Cl)c(Cl)c1. The average Bonchev–Trinajstić information content (AvgIpc) is 2.48. The fourth-order valence-corrected chi connectivity index (χ4v) is 3.10. The molecule has 0 aliphatic rings. The molecule has 0 unspecified atom stereocenters. The third kappa shape index (κ3) is 4.78. The summed E-state index contributed by atoms with van der Waals surface area (Å²) < 4.78 is 5.47. The number of halogens is 3. The molecule has 0 atom stereocenters. The van der Waals surface area contributed by atoms with Crippen LogP contribution in [0.3, 0.4) is 0 Å². The zero-order chi connectivity index (χ0) is 18.7. The van der Waals surface area contributed by atoms with Gasteiger partial charge >= 0.3 is 5.97 Å². The standard InChI is InChI=1S/C17H14Cl3NO4/c1-8-3-9(2)16(13(20)4-8)25-7-15(22)21-14-5-10(17(23)24)11(18)6-12(14)19/h3-6H,7H2,1-2H3,(H,21,22)(H,23,24). The van der Waals surface area contributed by atoms with E-state index in [9.17, 15) is 9.59 Å². The number of nitrogens with one attached hydrogen (secondary N) is 1. The molecule has 2 aromatic carbocycles. The number of aryl methyl sites for hydroxylation is 2. The van der Waals surface area contributed by atoms with Crippen molar-refractivity contribution in [1.29, 1.82) is 0 Å². The predicted molar refractivity (Wildman–Crippen MR) is 98.5 cm³/mol. The van der Waals surface area contributed by atoms with Crippen molar-refractivity contribution in [3.63, 3.8) is 0 Å². The molecule has 2 rings (SSSR count). The summed E-state index contributed by atoms with van der Waals surface area (Å²) in [7, 11) is 0. The second kappa shape index (κ2) is 7.95. The topological polar surface area (TPSA) is 75.6 Å². The highest BCUT2D eigenvalue weighted by Gasteiger charge is 2.15. The summed E-state index contributed by atoms with van der Waals surface area (Å²) in [6, 6.07) is 6.06. The first-order valence-electron chi connectivity index (χ1n) is 7.10. The third-order valence-electron chi connectivity index (χ3n) is 3.28. The number of carbonyl (C=O) groups is 2. The summed E-state index contributed by atoms with van der Waals surface area (Å²) in [4.78, 5) is 23.2. The minimum Gasteiger partial charge on any atom is -0.482 e. The van der Waals surface area contributed by atoms with E-state index in [4.69, 9.17) is 44.6 Å². The summed E-state index contributed by atoms with van der Waals surface area (Å²) >= 11 is 17.9. The second-order valence-corrected chi connectivity index (χ2v) is 6.57. The van der Waals surface area contributed by atoms with E-state index < -0.39 is 11.9 Å². The summed E-state index contributed by atoms with van der Waals surface area (Å²) in [5, 5.41) is 12.1. The molecule has 0 saturated carbocycles. The monoisotopic (exact) mass is 401 g/mol. The van der Waals surface area contributed by atoms with Gasteiger partial charge in [0, 0.05) is 0 Å². The van der Waals surface area contributed by atoms with Crippen LogP contribution in [0.1, 0.15) is 21.5 Å². The van der Waals surface area contributed by atoms with Gasteiger partial charge in [-0.25, -0.2) is 4.79 Å². The molecule has 25 heavy (non-hydrogen) atoms. The number of benzene rings is 2. The van der Waals surface area contributed by atoms with E-state index in [1.165, 1.54) is 12.1 Å². The molecule has 1 amide bonds. The van der Waals surface area contributed by atoms with Crippen LogP contribution in [0.4, 0.5) is 5.69 Å². The van der Waals surface area contributed by atoms with Crippen molar-refractivity contribution in [3.8, 4) is 5.75 Å². The van der Waals surface area contributed by atoms with Crippen LogP contribution in [0.2, 0.25) is 15.1 Å². The number of hydrogen-bond donors (Lipinski definition) is 2. The van der Waals surface area contributed by atoms with E-state index in [1.54, 1.807) is 6.07 Å². The Bertz CT molecular complexity index is 829. The Morgan fingerprint density at radius 3 is 2.32 bits per heavy atom.